The monoisotopic (exact) mass is 374 g/mol. The number of hydrogen-bond acceptors (Lipinski definition) is 4. The van der Waals surface area contributed by atoms with Crippen LogP contribution < -0.4 is 0 Å². The second-order valence-electron chi connectivity index (χ2n) is 8.71. The summed E-state index contributed by atoms with van der Waals surface area (Å²) in [7, 11) is 0. The zero-order chi connectivity index (χ0) is 19.8. The van der Waals surface area contributed by atoms with Gasteiger partial charge in [-0.05, 0) is 63.0 Å². The van der Waals surface area contributed by atoms with Crippen molar-refractivity contribution in [1.29, 1.82) is 0 Å². The number of carboxylic acid groups (broad SMARTS) is 1. The van der Waals surface area contributed by atoms with Gasteiger partial charge >= 0.3 is 11.9 Å². The maximum atomic E-state index is 11.7. The molecule has 5 atom stereocenters. The molecule has 1 saturated heterocycles. The molecule has 1 N–H and O–H groups in total. The standard InChI is InChI=1S/C19H24O3.C3H6O2/c1-18-9-7-13(20)11-12(18)3-4-14-15(18)8-10-19(2)16(14)5-6-17(21)22-19;1-2-3(4)5/h7,9,11,14-16H,3-6,8,10H2,1-2H3;2H2,1H3,(H,4,5)/t14-,15+,16+,18+,19+;/m1./s1. The normalized spacial score (nSPS) is 39.7. The van der Waals surface area contributed by atoms with Crippen LogP contribution in [0.25, 0.3) is 0 Å². The number of carbonyl (C=O) groups excluding carboxylic acids is 2. The van der Waals surface area contributed by atoms with E-state index in [1.54, 1.807) is 13.0 Å². The molecule has 0 aromatic heterocycles. The Labute approximate surface area is 160 Å². The summed E-state index contributed by atoms with van der Waals surface area (Å²) in [4.78, 5) is 32.8. The van der Waals surface area contributed by atoms with Crippen molar-refractivity contribution in [3.05, 3.63) is 23.8 Å². The van der Waals surface area contributed by atoms with Gasteiger partial charge < -0.3 is 9.84 Å². The van der Waals surface area contributed by atoms with Gasteiger partial charge in [0.05, 0.1) is 0 Å². The Kier molecular flexibility index (Phi) is 5.33. The Bertz CT molecular complexity index is 705. The summed E-state index contributed by atoms with van der Waals surface area (Å²) in [5.74, 6) is 1.03. The molecule has 0 bridgehead atoms. The van der Waals surface area contributed by atoms with Gasteiger partial charge in [0.2, 0.25) is 0 Å². The minimum Gasteiger partial charge on any atom is -0.481 e. The lowest BCUT2D eigenvalue weighted by molar-refractivity contribution is -0.192. The van der Waals surface area contributed by atoms with Crippen LogP contribution in [-0.4, -0.2) is 28.4 Å². The molecule has 27 heavy (non-hydrogen) atoms. The summed E-state index contributed by atoms with van der Waals surface area (Å²) < 4.78 is 5.79. The van der Waals surface area contributed by atoms with Gasteiger partial charge in [0.15, 0.2) is 5.78 Å². The Morgan fingerprint density at radius 1 is 1.19 bits per heavy atom. The van der Waals surface area contributed by atoms with Crippen LogP contribution in [-0.2, 0) is 19.1 Å². The van der Waals surface area contributed by atoms with Crippen molar-refractivity contribution in [2.24, 2.45) is 23.2 Å². The molecule has 0 amide bonds. The molecule has 3 fully saturated rings. The van der Waals surface area contributed by atoms with E-state index in [0.717, 1.165) is 32.1 Å². The molecular formula is C22H30O5. The van der Waals surface area contributed by atoms with Crippen LogP contribution in [0.4, 0.5) is 0 Å². The Morgan fingerprint density at radius 3 is 2.56 bits per heavy atom. The van der Waals surface area contributed by atoms with Crippen LogP contribution in [0.1, 0.15) is 65.7 Å². The summed E-state index contributed by atoms with van der Waals surface area (Å²) in [5, 5.41) is 7.72. The van der Waals surface area contributed by atoms with Crippen LogP contribution in [0.15, 0.2) is 23.8 Å². The number of carbonyl (C=O) groups is 3. The van der Waals surface area contributed by atoms with Crippen LogP contribution >= 0.6 is 0 Å². The highest BCUT2D eigenvalue weighted by molar-refractivity contribution is 6.01. The average molecular weight is 374 g/mol. The fourth-order valence-electron chi connectivity index (χ4n) is 5.72. The number of esters is 1. The van der Waals surface area contributed by atoms with Gasteiger partial charge in [-0.1, -0.05) is 25.5 Å². The van der Waals surface area contributed by atoms with Crippen LogP contribution in [0.2, 0.25) is 0 Å². The number of rotatable bonds is 1. The molecule has 0 aromatic rings. The highest BCUT2D eigenvalue weighted by atomic mass is 16.6. The fourth-order valence-corrected chi connectivity index (χ4v) is 5.72. The second-order valence-corrected chi connectivity index (χ2v) is 8.71. The summed E-state index contributed by atoms with van der Waals surface area (Å²) in [6.45, 7) is 6.04. The zero-order valence-corrected chi connectivity index (χ0v) is 16.5. The molecule has 148 valence electrons. The third-order valence-electron chi connectivity index (χ3n) is 7.20. The maximum absolute atomic E-state index is 11.7. The SMILES string of the molecule is CCC(=O)O.C[C@]12C=CC(=O)C=C1CC[C@@H]1[C@@H]2CC[C@]2(C)OC(=O)CC[C@@H]12. The third kappa shape index (κ3) is 3.61. The van der Waals surface area contributed by atoms with Crippen molar-refractivity contribution in [2.75, 3.05) is 0 Å². The van der Waals surface area contributed by atoms with Gasteiger partial charge in [-0.3, -0.25) is 14.4 Å². The molecule has 5 heteroatoms. The third-order valence-corrected chi connectivity index (χ3v) is 7.20. The molecule has 0 aromatic carbocycles. The van der Waals surface area contributed by atoms with Crippen LogP contribution in [0.5, 0.6) is 0 Å². The minimum atomic E-state index is -0.745. The minimum absolute atomic E-state index is 0.0250. The molecular weight excluding hydrogens is 344 g/mol. The first-order valence-electron chi connectivity index (χ1n) is 10.1. The molecule has 2 saturated carbocycles. The first-order chi connectivity index (χ1) is 12.7. The van der Waals surface area contributed by atoms with Crippen molar-refractivity contribution in [3.63, 3.8) is 0 Å². The Morgan fingerprint density at radius 2 is 1.89 bits per heavy atom. The van der Waals surface area contributed by atoms with Crippen LogP contribution in [0.3, 0.4) is 0 Å². The van der Waals surface area contributed by atoms with E-state index < -0.39 is 5.97 Å². The van der Waals surface area contributed by atoms with Gasteiger partial charge in [-0.25, -0.2) is 0 Å². The highest BCUT2D eigenvalue weighted by Gasteiger charge is 2.56. The predicted molar refractivity (Wildman–Crippen MR) is 101 cm³/mol. The van der Waals surface area contributed by atoms with E-state index in [1.807, 2.05) is 6.08 Å². The number of carboxylic acids is 1. The fraction of sp³-hybridized carbons (Fsp3) is 0.682. The Balaban J connectivity index is 0.000000376. The molecule has 1 heterocycles. The van der Waals surface area contributed by atoms with E-state index in [1.165, 1.54) is 5.57 Å². The van der Waals surface area contributed by atoms with Gasteiger partial charge in [-0.2, -0.15) is 0 Å². The molecule has 4 aliphatic rings. The summed E-state index contributed by atoms with van der Waals surface area (Å²) in [6, 6.07) is 0. The van der Waals surface area contributed by atoms with E-state index >= 15 is 0 Å². The van der Waals surface area contributed by atoms with E-state index in [0.29, 0.717) is 24.2 Å². The number of aliphatic carboxylic acids is 1. The largest absolute Gasteiger partial charge is 0.481 e. The number of ketones is 1. The number of hydrogen-bond donors (Lipinski definition) is 1. The van der Waals surface area contributed by atoms with Crippen molar-refractivity contribution < 1.29 is 24.2 Å². The molecule has 3 aliphatic carbocycles. The lowest BCUT2D eigenvalue weighted by Crippen LogP contribution is -2.56. The Hall–Kier alpha value is -1.91. The van der Waals surface area contributed by atoms with E-state index in [4.69, 9.17) is 9.84 Å². The lowest BCUT2D eigenvalue weighted by Gasteiger charge is -2.58. The molecule has 0 radical (unpaired) electrons. The van der Waals surface area contributed by atoms with Gasteiger partial charge in [0.25, 0.3) is 0 Å². The van der Waals surface area contributed by atoms with E-state index in [9.17, 15) is 14.4 Å². The van der Waals surface area contributed by atoms with E-state index in [2.05, 4.69) is 19.9 Å². The number of ether oxygens (including phenoxy) is 1. The topological polar surface area (TPSA) is 80.7 Å². The molecule has 5 nitrogen and oxygen atoms in total. The summed E-state index contributed by atoms with van der Waals surface area (Å²) >= 11 is 0. The first kappa shape index (κ1) is 19.8. The van der Waals surface area contributed by atoms with Crippen molar-refractivity contribution in [2.45, 2.75) is 71.3 Å². The lowest BCUT2D eigenvalue weighted by atomic mass is 9.49. The quantitative estimate of drug-likeness (QED) is 0.700. The summed E-state index contributed by atoms with van der Waals surface area (Å²) in [6.07, 6.45) is 11.7. The zero-order valence-electron chi connectivity index (χ0n) is 16.5. The first-order valence-corrected chi connectivity index (χ1v) is 10.1. The van der Waals surface area contributed by atoms with Gasteiger partial charge in [0, 0.05) is 24.2 Å². The average Bonchev–Trinajstić information content (AvgIpc) is 2.61. The number of fused-ring (bicyclic) bond motifs is 5. The molecule has 0 unspecified atom stereocenters. The molecule has 1 aliphatic heterocycles. The van der Waals surface area contributed by atoms with Gasteiger partial charge in [-0.15, -0.1) is 0 Å². The van der Waals surface area contributed by atoms with Crippen LogP contribution in [0, 0.1) is 23.2 Å². The van der Waals surface area contributed by atoms with E-state index in [-0.39, 0.29) is 29.2 Å². The predicted octanol–water partition coefficient (Wildman–Crippen LogP) is 4.07. The second kappa shape index (κ2) is 7.25. The van der Waals surface area contributed by atoms with Crippen molar-refractivity contribution in [1.82, 2.24) is 0 Å². The summed E-state index contributed by atoms with van der Waals surface area (Å²) in [5.41, 5.74) is 1.08. The highest BCUT2D eigenvalue weighted by Crippen LogP contribution is 2.60. The van der Waals surface area contributed by atoms with Crippen molar-refractivity contribution in [3.8, 4) is 0 Å². The molecule has 4 rings (SSSR count). The van der Waals surface area contributed by atoms with Crippen molar-refractivity contribution >= 4 is 17.7 Å². The number of allylic oxidation sites excluding steroid dienone is 4. The molecule has 0 spiro atoms. The maximum Gasteiger partial charge on any atom is 0.306 e. The smallest absolute Gasteiger partial charge is 0.306 e. The van der Waals surface area contributed by atoms with Gasteiger partial charge in [0.1, 0.15) is 5.60 Å².